The number of carbonyl (C=O) groups is 1. The molecule has 0 aromatic heterocycles. The maximum atomic E-state index is 10.9. The summed E-state index contributed by atoms with van der Waals surface area (Å²) in [5.41, 5.74) is -0.473. The number of hydrogen-bond donors (Lipinski definition) is 0. The fourth-order valence-electron chi connectivity index (χ4n) is 2.54. The Morgan fingerprint density at radius 2 is 2.06 bits per heavy atom. The number of rotatable bonds is 2. The van der Waals surface area contributed by atoms with Gasteiger partial charge in [-0.3, -0.25) is 4.79 Å². The van der Waals surface area contributed by atoms with Gasteiger partial charge in [0, 0.05) is 5.92 Å². The van der Waals surface area contributed by atoms with Crippen molar-refractivity contribution in [2.45, 2.75) is 27.2 Å². The molecule has 0 aromatic carbocycles. The fourth-order valence-corrected chi connectivity index (χ4v) is 2.54. The molecule has 0 radical (unpaired) electrons. The average Bonchev–Trinajstić information content (AvgIpc) is 2.28. The summed E-state index contributed by atoms with van der Waals surface area (Å²) in [5, 5.41) is 18.7. The predicted octanol–water partition coefficient (Wildman–Crippen LogP) is 2.46. The van der Waals surface area contributed by atoms with E-state index in [0.29, 0.717) is 12.0 Å². The Morgan fingerprint density at radius 1 is 1.50 bits per heavy atom. The molecule has 2 atom stereocenters. The standard InChI is InChI=1S/C13H16N2O/c1-9(2)12-5-4-11(6-16)10(3)13(12,7-14)8-15/h4,6,9-10,12H,5H2,1-3H3/t10-,12+/m1/s1. The number of allylic oxidation sites excluding steroid dienone is 2. The number of aldehydes is 1. The molecule has 0 aliphatic heterocycles. The molecular formula is C13H16N2O. The zero-order valence-electron chi connectivity index (χ0n) is 9.90. The van der Waals surface area contributed by atoms with Crippen molar-refractivity contribution in [3.8, 4) is 12.1 Å². The number of carbonyl (C=O) groups excluding carboxylic acids is 1. The Balaban J connectivity index is 3.29. The lowest BCUT2D eigenvalue weighted by molar-refractivity contribution is -0.105. The van der Waals surface area contributed by atoms with Crippen molar-refractivity contribution in [3.63, 3.8) is 0 Å². The van der Waals surface area contributed by atoms with Crippen molar-refractivity contribution in [3.05, 3.63) is 11.6 Å². The van der Waals surface area contributed by atoms with E-state index >= 15 is 0 Å². The maximum Gasteiger partial charge on any atom is 0.153 e. The van der Waals surface area contributed by atoms with Crippen LogP contribution >= 0.6 is 0 Å². The van der Waals surface area contributed by atoms with Gasteiger partial charge in [-0.15, -0.1) is 0 Å². The smallest absolute Gasteiger partial charge is 0.153 e. The molecule has 1 aliphatic rings. The van der Waals surface area contributed by atoms with Gasteiger partial charge in [0.05, 0.1) is 12.1 Å². The molecule has 3 heteroatoms. The van der Waals surface area contributed by atoms with Gasteiger partial charge in [-0.2, -0.15) is 10.5 Å². The Labute approximate surface area is 96.4 Å². The van der Waals surface area contributed by atoms with Crippen LogP contribution in [0.25, 0.3) is 0 Å². The molecule has 0 aromatic rings. The lowest BCUT2D eigenvalue weighted by Gasteiger charge is -2.39. The summed E-state index contributed by atoms with van der Waals surface area (Å²) < 4.78 is 0. The molecule has 16 heavy (non-hydrogen) atoms. The summed E-state index contributed by atoms with van der Waals surface area (Å²) >= 11 is 0. The highest BCUT2D eigenvalue weighted by Gasteiger charge is 2.48. The van der Waals surface area contributed by atoms with Crippen molar-refractivity contribution in [2.75, 3.05) is 0 Å². The van der Waals surface area contributed by atoms with E-state index < -0.39 is 5.41 Å². The first kappa shape index (κ1) is 12.5. The van der Waals surface area contributed by atoms with Crippen molar-refractivity contribution in [1.82, 2.24) is 0 Å². The van der Waals surface area contributed by atoms with E-state index in [1.54, 1.807) is 6.92 Å². The summed E-state index contributed by atoms with van der Waals surface area (Å²) in [4.78, 5) is 10.9. The second kappa shape index (κ2) is 4.49. The summed E-state index contributed by atoms with van der Waals surface area (Å²) in [7, 11) is 0. The summed E-state index contributed by atoms with van der Waals surface area (Å²) in [5.74, 6) is -0.0476. The minimum absolute atomic E-state index is 0.00111. The summed E-state index contributed by atoms with van der Waals surface area (Å²) in [6, 6.07) is 4.30. The molecule has 0 saturated heterocycles. The molecule has 0 unspecified atom stereocenters. The topological polar surface area (TPSA) is 64.7 Å². The predicted molar refractivity (Wildman–Crippen MR) is 59.9 cm³/mol. The molecule has 1 rings (SSSR count). The van der Waals surface area contributed by atoms with Crippen molar-refractivity contribution in [1.29, 1.82) is 10.5 Å². The minimum Gasteiger partial charge on any atom is -0.298 e. The quantitative estimate of drug-likeness (QED) is 0.666. The molecule has 1 aliphatic carbocycles. The molecular weight excluding hydrogens is 200 g/mol. The van der Waals surface area contributed by atoms with E-state index in [0.717, 1.165) is 6.29 Å². The Kier molecular flexibility index (Phi) is 3.50. The highest BCUT2D eigenvalue weighted by atomic mass is 16.1. The molecule has 0 N–H and O–H groups in total. The van der Waals surface area contributed by atoms with Crippen LogP contribution in [0.4, 0.5) is 0 Å². The second-order valence-corrected chi connectivity index (χ2v) is 4.72. The van der Waals surface area contributed by atoms with Crippen LogP contribution in [0, 0.1) is 45.8 Å². The van der Waals surface area contributed by atoms with E-state index in [4.69, 9.17) is 0 Å². The van der Waals surface area contributed by atoms with Crippen LogP contribution in [-0.2, 0) is 4.79 Å². The van der Waals surface area contributed by atoms with E-state index in [2.05, 4.69) is 12.1 Å². The summed E-state index contributed by atoms with van der Waals surface area (Å²) in [6.07, 6.45) is 3.27. The highest BCUT2D eigenvalue weighted by molar-refractivity contribution is 5.75. The van der Waals surface area contributed by atoms with Crippen LogP contribution in [0.15, 0.2) is 11.6 Å². The maximum absolute atomic E-state index is 10.9. The van der Waals surface area contributed by atoms with Gasteiger partial charge in [-0.25, -0.2) is 0 Å². The normalized spacial score (nSPS) is 27.8. The van der Waals surface area contributed by atoms with Gasteiger partial charge in [0.15, 0.2) is 5.41 Å². The average molecular weight is 216 g/mol. The number of nitrogens with zero attached hydrogens (tertiary/aromatic N) is 2. The van der Waals surface area contributed by atoms with Crippen LogP contribution in [-0.4, -0.2) is 6.29 Å². The molecule has 0 fully saturated rings. The minimum atomic E-state index is -1.06. The van der Waals surface area contributed by atoms with E-state index in [9.17, 15) is 15.3 Å². The molecule has 0 saturated carbocycles. The van der Waals surface area contributed by atoms with E-state index in [-0.39, 0.29) is 17.8 Å². The lowest BCUT2D eigenvalue weighted by Crippen LogP contribution is -2.40. The van der Waals surface area contributed by atoms with Gasteiger partial charge in [0.25, 0.3) is 0 Å². The van der Waals surface area contributed by atoms with Crippen molar-refractivity contribution < 1.29 is 4.79 Å². The SMILES string of the molecule is CC(C)[C@@H]1CC=C(C=O)[C@@H](C)C1(C#N)C#N. The van der Waals surface area contributed by atoms with Gasteiger partial charge in [0.2, 0.25) is 0 Å². The Morgan fingerprint density at radius 3 is 2.44 bits per heavy atom. The monoisotopic (exact) mass is 216 g/mol. The first-order valence-electron chi connectivity index (χ1n) is 5.51. The van der Waals surface area contributed by atoms with Crippen LogP contribution < -0.4 is 0 Å². The molecule has 0 spiro atoms. The van der Waals surface area contributed by atoms with Crippen LogP contribution in [0.2, 0.25) is 0 Å². The fraction of sp³-hybridized carbons (Fsp3) is 0.615. The van der Waals surface area contributed by atoms with Gasteiger partial charge < -0.3 is 0 Å². The first-order valence-corrected chi connectivity index (χ1v) is 5.51. The Bertz CT molecular complexity index is 381. The Hall–Kier alpha value is -1.61. The van der Waals surface area contributed by atoms with Gasteiger partial charge in [0.1, 0.15) is 6.29 Å². The highest BCUT2D eigenvalue weighted by Crippen LogP contribution is 2.47. The molecule has 0 amide bonds. The second-order valence-electron chi connectivity index (χ2n) is 4.72. The zero-order chi connectivity index (χ0) is 12.3. The summed E-state index contributed by atoms with van der Waals surface area (Å²) in [6.45, 7) is 5.82. The van der Waals surface area contributed by atoms with E-state index in [1.807, 2.05) is 19.9 Å². The van der Waals surface area contributed by atoms with E-state index in [1.165, 1.54) is 0 Å². The zero-order valence-corrected chi connectivity index (χ0v) is 9.90. The lowest BCUT2D eigenvalue weighted by atomic mass is 9.59. The molecule has 0 bridgehead atoms. The van der Waals surface area contributed by atoms with Gasteiger partial charge in [-0.1, -0.05) is 26.8 Å². The molecule has 84 valence electrons. The van der Waals surface area contributed by atoms with Gasteiger partial charge in [-0.05, 0) is 23.8 Å². The van der Waals surface area contributed by atoms with Crippen molar-refractivity contribution >= 4 is 6.29 Å². The number of hydrogen-bond acceptors (Lipinski definition) is 3. The van der Waals surface area contributed by atoms with Crippen LogP contribution in [0.1, 0.15) is 27.2 Å². The third-order valence-corrected chi connectivity index (χ3v) is 3.69. The van der Waals surface area contributed by atoms with Crippen LogP contribution in [0.5, 0.6) is 0 Å². The van der Waals surface area contributed by atoms with Crippen LogP contribution in [0.3, 0.4) is 0 Å². The first-order chi connectivity index (χ1) is 7.53. The number of nitriles is 2. The molecule has 3 nitrogen and oxygen atoms in total. The van der Waals surface area contributed by atoms with Gasteiger partial charge >= 0.3 is 0 Å². The third-order valence-electron chi connectivity index (χ3n) is 3.69. The largest absolute Gasteiger partial charge is 0.298 e. The van der Waals surface area contributed by atoms with Crippen molar-refractivity contribution in [2.24, 2.45) is 23.2 Å². The molecule has 0 heterocycles. The third kappa shape index (κ3) is 1.63.